The second kappa shape index (κ2) is 5.99. The predicted molar refractivity (Wildman–Crippen MR) is 68.2 cm³/mol. The molecule has 0 amide bonds. The third-order valence-corrected chi connectivity index (χ3v) is 2.61. The Labute approximate surface area is 105 Å². The standard InChI is InChI=1S/C12H17BrO3/c1-8(13)7-9-5-6-10(14-2)12(16-4)11(9)15-3/h5-6,8H,7H2,1-4H3. The average Bonchev–Trinajstić information content (AvgIpc) is 2.27. The van der Waals surface area contributed by atoms with Crippen LogP contribution >= 0.6 is 15.9 Å². The van der Waals surface area contributed by atoms with Crippen molar-refractivity contribution in [2.45, 2.75) is 18.2 Å². The zero-order valence-corrected chi connectivity index (χ0v) is 11.6. The van der Waals surface area contributed by atoms with Crippen LogP contribution < -0.4 is 14.2 Å². The number of benzene rings is 1. The number of rotatable bonds is 5. The van der Waals surface area contributed by atoms with Crippen molar-refractivity contribution in [3.63, 3.8) is 0 Å². The van der Waals surface area contributed by atoms with Crippen LogP contribution in [-0.2, 0) is 6.42 Å². The molecule has 1 unspecified atom stereocenters. The number of ether oxygens (including phenoxy) is 3. The zero-order chi connectivity index (χ0) is 12.1. The van der Waals surface area contributed by atoms with E-state index in [0.717, 1.165) is 17.7 Å². The molecule has 0 fully saturated rings. The number of hydrogen-bond acceptors (Lipinski definition) is 3. The predicted octanol–water partition coefficient (Wildman–Crippen LogP) is 3.04. The third kappa shape index (κ3) is 2.82. The first kappa shape index (κ1) is 13.2. The first-order valence-electron chi connectivity index (χ1n) is 5.06. The highest BCUT2D eigenvalue weighted by Crippen LogP contribution is 2.40. The summed E-state index contributed by atoms with van der Waals surface area (Å²) in [4.78, 5) is 0.388. The van der Waals surface area contributed by atoms with Crippen molar-refractivity contribution in [2.24, 2.45) is 0 Å². The van der Waals surface area contributed by atoms with Gasteiger partial charge in [0.25, 0.3) is 0 Å². The van der Waals surface area contributed by atoms with Crippen LogP contribution in [0.25, 0.3) is 0 Å². The minimum absolute atomic E-state index is 0.388. The number of halogens is 1. The lowest BCUT2D eigenvalue weighted by Gasteiger charge is -2.16. The SMILES string of the molecule is COc1ccc(CC(C)Br)c(OC)c1OC. The van der Waals surface area contributed by atoms with Gasteiger partial charge in [-0.1, -0.05) is 28.9 Å². The second-order valence-electron chi connectivity index (χ2n) is 3.48. The van der Waals surface area contributed by atoms with E-state index in [9.17, 15) is 0 Å². The number of hydrogen-bond donors (Lipinski definition) is 0. The molecule has 90 valence electrons. The summed E-state index contributed by atoms with van der Waals surface area (Å²) in [7, 11) is 4.87. The van der Waals surface area contributed by atoms with E-state index in [1.807, 2.05) is 12.1 Å². The molecule has 0 heterocycles. The van der Waals surface area contributed by atoms with Crippen LogP contribution in [0.5, 0.6) is 17.2 Å². The molecule has 0 radical (unpaired) electrons. The number of alkyl halides is 1. The molecule has 0 bridgehead atoms. The van der Waals surface area contributed by atoms with E-state index in [1.54, 1.807) is 21.3 Å². The zero-order valence-electron chi connectivity index (χ0n) is 10.0. The molecule has 0 aliphatic rings. The molecule has 1 rings (SSSR count). The summed E-state index contributed by atoms with van der Waals surface area (Å²) in [6, 6.07) is 3.89. The van der Waals surface area contributed by atoms with Crippen LogP contribution in [0.1, 0.15) is 12.5 Å². The number of methoxy groups -OCH3 is 3. The Morgan fingerprint density at radius 3 is 2.12 bits per heavy atom. The van der Waals surface area contributed by atoms with Crippen molar-refractivity contribution in [3.05, 3.63) is 17.7 Å². The summed E-state index contributed by atoms with van der Waals surface area (Å²) in [5, 5.41) is 0. The van der Waals surface area contributed by atoms with Crippen LogP contribution in [0.3, 0.4) is 0 Å². The van der Waals surface area contributed by atoms with Crippen LogP contribution in [0, 0.1) is 0 Å². The molecule has 1 aromatic carbocycles. The molecule has 0 N–H and O–H groups in total. The van der Waals surface area contributed by atoms with Gasteiger partial charge in [-0.15, -0.1) is 0 Å². The van der Waals surface area contributed by atoms with E-state index in [-0.39, 0.29) is 0 Å². The topological polar surface area (TPSA) is 27.7 Å². The first-order valence-corrected chi connectivity index (χ1v) is 5.97. The molecule has 1 aromatic rings. The Morgan fingerprint density at radius 2 is 1.69 bits per heavy atom. The lowest BCUT2D eigenvalue weighted by molar-refractivity contribution is 0.322. The van der Waals surface area contributed by atoms with Crippen LogP contribution in [0.4, 0.5) is 0 Å². The normalized spacial score (nSPS) is 12.1. The van der Waals surface area contributed by atoms with Crippen molar-refractivity contribution in [2.75, 3.05) is 21.3 Å². The van der Waals surface area contributed by atoms with Gasteiger partial charge in [0, 0.05) is 4.83 Å². The summed E-state index contributed by atoms with van der Waals surface area (Å²) < 4.78 is 15.9. The van der Waals surface area contributed by atoms with Gasteiger partial charge >= 0.3 is 0 Å². The molecule has 0 saturated heterocycles. The van der Waals surface area contributed by atoms with Crippen LogP contribution in [-0.4, -0.2) is 26.2 Å². The quantitative estimate of drug-likeness (QED) is 0.780. The molecule has 0 spiro atoms. The van der Waals surface area contributed by atoms with Gasteiger partial charge in [0.2, 0.25) is 5.75 Å². The Balaban J connectivity index is 3.20. The van der Waals surface area contributed by atoms with Crippen LogP contribution in [0.2, 0.25) is 0 Å². The highest BCUT2D eigenvalue weighted by atomic mass is 79.9. The first-order chi connectivity index (χ1) is 7.63. The largest absolute Gasteiger partial charge is 0.493 e. The molecule has 16 heavy (non-hydrogen) atoms. The van der Waals surface area contributed by atoms with E-state index < -0.39 is 0 Å². The summed E-state index contributed by atoms with van der Waals surface area (Å²) in [6.45, 7) is 2.09. The maximum atomic E-state index is 5.38. The van der Waals surface area contributed by atoms with Gasteiger partial charge in [0.15, 0.2) is 11.5 Å². The molecular formula is C12H17BrO3. The van der Waals surface area contributed by atoms with E-state index >= 15 is 0 Å². The summed E-state index contributed by atoms with van der Waals surface area (Å²) in [6.07, 6.45) is 0.878. The van der Waals surface area contributed by atoms with E-state index in [4.69, 9.17) is 14.2 Å². The van der Waals surface area contributed by atoms with Crippen molar-refractivity contribution < 1.29 is 14.2 Å². The lowest BCUT2D eigenvalue weighted by Crippen LogP contribution is -2.02. The van der Waals surface area contributed by atoms with Crippen molar-refractivity contribution in [1.82, 2.24) is 0 Å². The van der Waals surface area contributed by atoms with Crippen molar-refractivity contribution >= 4 is 15.9 Å². The minimum atomic E-state index is 0.388. The lowest BCUT2D eigenvalue weighted by atomic mass is 10.1. The molecule has 0 saturated carbocycles. The molecule has 3 nitrogen and oxygen atoms in total. The molecule has 0 aromatic heterocycles. The molecule has 4 heteroatoms. The second-order valence-corrected chi connectivity index (χ2v) is 5.04. The highest BCUT2D eigenvalue weighted by Gasteiger charge is 2.16. The highest BCUT2D eigenvalue weighted by molar-refractivity contribution is 9.09. The third-order valence-electron chi connectivity index (χ3n) is 2.29. The van der Waals surface area contributed by atoms with Gasteiger partial charge in [0.1, 0.15) is 0 Å². The Kier molecular flexibility index (Phi) is 4.93. The maximum absolute atomic E-state index is 5.38. The molecule has 0 aliphatic carbocycles. The molecule has 0 aliphatic heterocycles. The van der Waals surface area contributed by atoms with E-state index in [2.05, 4.69) is 22.9 Å². The minimum Gasteiger partial charge on any atom is -0.493 e. The fraction of sp³-hybridized carbons (Fsp3) is 0.500. The fourth-order valence-electron chi connectivity index (χ4n) is 1.63. The summed E-state index contributed by atoms with van der Waals surface area (Å²) in [5.74, 6) is 2.08. The molecule has 1 atom stereocenters. The van der Waals surface area contributed by atoms with Gasteiger partial charge in [-0.05, 0) is 18.1 Å². The Morgan fingerprint density at radius 1 is 1.06 bits per heavy atom. The maximum Gasteiger partial charge on any atom is 0.203 e. The average molecular weight is 289 g/mol. The van der Waals surface area contributed by atoms with Gasteiger partial charge in [-0.2, -0.15) is 0 Å². The van der Waals surface area contributed by atoms with Gasteiger partial charge in [-0.25, -0.2) is 0 Å². The smallest absolute Gasteiger partial charge is 0.203 e. The Hall–Kier alpha value is -0.900. The van der Waals surface area contributed by atoms with Gasteiger partial charge in [-0.3, -0.25) is 0 Å². The van der Waals surface area contributed by atoms with Crippen molar-refractivity contribution in [3.8, 4) is 17.2 Å². The summed E-state index contributed by atoms with van der Waals surface area (Å²) in [5.41, 5.74) is 1.10. The van der Waals surface area contributed by atoms with E-state index in [1.165, 1.54) is 0 Å². The van der Waals surface area contributed by atoms with Crippen molar-refractivity contribution in [1.29, 1.82) is 0 Å². The Bertz CT molecular complexity index is 350. The monoisotopic (exact) mass is 288 g/mol. The molecular weight excluding hydrogens is 272 g/mol. The summed E-state index contributed by atoms with van der Waals surface area (Å²) >= 11 is 3.53. The van der Waals surface area contributed by atoms with Crippen LogP contribution in [0.15, 0.2) is 12.1 Å². The van der Waals surface area contributed by atoms with Gasteiger partial charge in [0.05, 0.1) is 21.3 Å². The fourth-order valence-corrected chi connectivity index (χ4v) is 1.98. The van der Waals surface area contributed by atoms with Gasteiger partial charge < -0.3 is 14.2 Å². The van der Waals surface area contributed by atoms with E-state index in [0.29, 0.717) is 16.3 Å².